The van der Waals surface area contributed by atoms with Crippen LogP contribution in [-0.2, 0) is 0 Å². The molecule has 1 N–H and O–H groups in total. The summed E-state index contributed by atoms with van der Waals surface area (Å²) in [4.78, 5) is 1.64. The lowest BCUT2D eigenvalue weighted by molar-refractivity contribution is 0.582. The van der Waals surface area contributed by atoms with Crippen LogP contribution in [0.1, 0.15) is 25.5 Å². The number of nitrogens with one attached hydrogen (secondary N) is 1. The number of hydrogen-bond donors (Lipinski definition) is 1. The first-order valence-electron chi connectivity index (χ1n) is 6.15. The van der Waals surface area contributed by atoms with Gasteiger partial charge in [0.1, 0.15) is 18.9 Å². The second-order valence-corrected chi connectivity index (χ2v) is 4.15. The summed E-state index contributed by atoms with van der Waals surface area (Å²) in [6.45, 7) is 4.86. The molecule has 0 saturated heterocycles. The number of anilines is 1. The van der Waals surface area contributed by atoms with Gasteiger partial charge < -0.3 is 10.2 Å². The molecule has 5 heteroatoms. The molecule has 0 amide bonds. The Morgan fingerprint density at radius 3 is 2.47 bits per heavy atom. The molecule has 0 aromatic heterocycles. The quantitative estimate of drug-likeness (QED) is 0.797. The van der Waals surface area contributed by atoms with Crippen LogP contribution in [0.4, 0.5) is 10.1 Å². The summed E-state index contributed by atoms with van der Waals surface area (Å²) in [5, 5.41) is 20.9. The van der Waals surface area contributed by atoms with E-state index in [1.165, 1.54) is 12.1 Å². The summed E-state index contributed by atoms with van der Waals surface area (Å²) in [5.74, 6) is -0.322. The third kappa shape index (κ3) is 3.94. The van der Waals surface area contributed by atoms with Crippen molar-refractivity contribution in [3.05, 3.63) is 29.6 Å². The maximum absolute atomic E-state index is 13.4. The van der Waals surface area contributed by atoms with Gasteiger partial charge in [0.25, 0.3) is 0 Å². The average molecular weight is 260 g/mol. The number of rotatable bonds is 6. The Labute approximate surface area is 113 Å². The molecule has 0 saturated carbocycles. The van der Waals surface area contributed by atoms with Gasteiger partial charge in [-0.05, 0) is 37.2 Å². The van der Waals surface area contributed by atoms with E-state index in [1.54, 1.807) is 11.0 Å². The minimum absolute atomic E-state index is 0.0458. The van der Waals surface area contributed by atoms with Crippen LogP contribution in [0.15, 0.2) is 18.2 Å². The van der Waals surface area contributed by atoms with E-state index < -0.39 is 0 Å². The number of benzene rings is 1. The molecule has 1 aromatic rings. The van der Waals surface area contributed by atoms with Gasteiger partial charge >= 0.3 is 0 Å². The molecule has 1 unspecified atom stereocenters. The molecular formula is C14H17FN4. The molecular weight excluding hydrogens is 243 g/mol. The highest BCUT2D eigenvalue weighted by Gasteiger charge is 2.16. The normalized spacial score (nSPS) is 11.4. The van der Waals surface area contributed by atoms with Crippen molar-refractivity contribution in [2.24, 2.45) is 0 Å². The van der Waals surface area contributed by atoms with Crippen LogP contribution in [0.5, 0.6) is 0 Å². The van der Waals surface area contributed by atoms with Gasteiger partial charge in [0, 0.05) is 11.7 Å². The first-order chi connectivity index (χ1) is 9.13. The monoisotopic (exact) mass is 260 g/mol. The van der Waals surface area contributed by atoms with E-state index in [0.717, 1.165) is 17.8 Å². The third-order valence-electron chi connectivity index (χ3n) is 2.83. The van der Waals surface area contributed by atoms with Crippen molar-refractivity contribution >= 4 is 5.69 Å². The second kappa shape index (κ2) is 7.35. The summed E-state index contributed by atoms with van der Waals surface area (Å²) in [6.07, 6.45) is 0. The van der Waals surface area contributed by atoms with E-state index in [9.17, 15) is 4.39 Å². The van der Waals surface area contributed by atoms with Gasteiger partial charge in [0.2, 0.25) is 0 Å². The fourth-order valence-electron chi connectivity index (χ4n) is 1.97. The van der Waals surface area contributed by atoms with Crippen LogP contribution < -0.4 is 10.2 Å². The van der Waals surface area contributed by atoms with E-state index in [-0.39, 0.29) is 24.9 Å². The summed E-state index contributed by atoms with van der Waals surface area (Å²) in [7, 11) is 0. The van der Waals surface area contributed by atoms with Crippen molar-refractivity contribution in [3.63, 3.8) is 0 Å². The van der Waals surface area contributed by atoms with Crippen LogP contribution in [0.3, 0.4) is 0 Å². The largest absolute Gasteiger partial charge is 0.345 e. The van der Waals surface area contributed by atoms with Crippen LogP contribution >= 0.6 is 0 Å². The molecule has 0 aliphatic heterocycles. The van der Waals surface area contributed by atoms with Crippen molar-refractivity contribution in [3.8, 4) is 12.1 Å². The standard InChI is InChI=1S/C14H17FN4/c1-3-18-11(2)13-10-12(15)4-5-14(13)19(8-6-16)9-7-17/h4-5,10-11,18H,3,8-9H2,1-2H3. The van der Waals surface area contributed by atoms with Crippen molar-refractivity contribution in [2.45, 2.75) is 19.9 Å². The Morgan fingerprint density at radius 1 is 1.32 bits per heavy atom. The molecule has 1 rings (SSSR count). The Balaban J connectivity index is 3.17. The van der Waals surface area contributed by atoms with Crippen LogP contribution in [0.25, 0.3) is 0 Å². The lowest BCUT2D eigenvalue weighted by Crippen LogP contribution is -2.27. The number of halogens is 1. The smallest absolute Gasteiger partial charge is 0.123 e. The molecule has 0 aliphatic rings. The number of nitrogens with zero attached hydrogens (tertiary/aromatic N) is 3. The van der Waals surface area contributed by atoms with Crippen LogP contribution in [0, 0.1) is 28.5 Å². The van der Waals surface area contributed by atoms with Crippen molar-refractivity contribution < 1.29 is 4.39 Å². The maximum Gasteiger partial charge on any atom is 0.123 e. The van der Waals surface area contributed by atoms with Gasteiger partial charge in [-0.1, -0.05) is 6.92 Å². The molecule has 0 heterocycles. The molecule has 0 spiro atoms. The van der Waals surface area contributed by atoms with E-state index in [4.69, 9.17) is 10.5 Å². The highest BCUT2D eigenvalue weighted by atomic mass is 19.1. The molecule has 4 nitrogen and oxygen atoms in total. The lowest BCUT2D eigenvalue weighted by atomic mass is 10.0. The zero-order chi connectivity index (χ0) is 14.3. The van der Waals surface area contributed by atoms with E-state index >= 15 is 0 Å². The summed E-state index contributed by atoms with van der Waals surface area (Å²) in [5.41, 5.74) is 1.48. The van der Waals surface area contributed by atoms with Crippen molar-refractivity contribution in [2.75, 3.05) is 24.5 Å². The van der Waals surface area contributed by atoms with E-state index in [1.807, 2.05) is 26.0 Å². The van der Waals surface area contributed by atoms with Gasteiger partial charge in [0.05, 0.1) is 12.1 Å². The highest BCUT2D eigenvalue weighted by molar-refractivity contribution is 5.56. The van der Waals surface area contributed by atoms with Crippen LogP contribution in [0.2, 0.25) is 0 Å². The SMILES string of the molecule is CCNC(C)c1cc(F)ccc1N(CC#N)CC#N. The van der Waals surface area contributed by atoms with Crippen molar-refractivity contribution in [1.82, 2.24) is 5.32 Å². The Morgan fingerprint density at radius 2 is 1.95 bits per heavy atom. The van der Waals surface area contributed by atoms with Crippen molar-refractivity contribution in [1.29, 1.82) is 10.5 Å². The summed E-state index contributed by atoms with van der Waals surface area (Å²) in [6, 6.07) is 8.42. The summed E-state index contributed by atoms with van der Waals surface area (Å²) >= 11 is 0. The Kier molecular flexibility index (Phi) is 5.78. The molecule has 1 atom stereocenters. The van der Waals surface area contributed by atoms with E-state index in [0.29, 0.717) is 0 Å². The molecule has 0 bridgehead atoms. The minimum atomic E-state index is -0.322. The lowest BCUT2D eigenvalue weighted by Gasteiger charge is -2.25. The summed E-state index contributed by atoms with van der Waals surface area (Å²) < 4.78 is 13.4. The Bertz CT molecular complexity index is 485. The van der Waals surface area contributed by atoms with Gasteiger partial charge in [-0.2, -0.15) is 10.5 Å². The maximum atomic E-state index is 13.4. The number of hydrogen-bond acceptors (Lipinski definition) is 4. The molecule has 0 radical (unpaired) electrons. The van der Waals surface area contributed by atoms with Gasteiger partial charge in [0.15, 0.2) is 0 Å². The molecule has 100 valence electrons. The molecule has 0 aliphatic carbocycles. The van der Waals surface area contributed by atoms with Gasteiger partial charge in [-0.25, -0.2) is 4.39 Å². The molecule has 1 aromatic carbocycles. The minimum Gasteiger partial charge on any atom is -0.345 e. The highest BCUT2D eigenvalue weighted by Crippen LogP contribution is 2.27. The van der Waals surface area contributed by atoms with Gasteiger partial charge in [-0.3, -0.25) is 0 Å². The predicted molar refractivity (Wildman–Crippen MR) is 71.9 cm³/mol. The first-order valence-corrected chi connectivity index (χ1v) is 6.15. The average Bonchev–Trinajstić information content (AvgIpc) is 2.39. The zero-order valence-corrected chi connectivity index (χ0v) is 11.2. The third-order valence-corrected chi connectivity index (χ3v) is 2.83. The van der Waals surface area contributed by atoms with Crippen LogP contribution in [-0.4, -0.2) is 19.6 Å². The fourth-order valence-corrected chi connectivity index (χ4v) is 1.97. The number of nitriles is 2. The van der Waals surface area contributed by atoms with Gasteiger partial charge in [-0.15, -0.1) is 0 Å². The first kappa shape index (κ1) is 14.9. The van der Waals surface area contributed by atoms with E-state index in [2.05, 4.69) is 5.32 Å². The predicted octanol–water partition coefficient (Wildman–Crippen LogP) is 2.35. The fraction of sp³-hybridized carbons (Fsp3) is 0.429. The molecule has 19 heavy (non-hydrogen) atoms. The molecule has 0 fully saturated rings. The second-order valence-electron chi connectivity index (χ2n) is 4.15. The zero-order valence-electron chi connectivity index (χ0n) is 11.2. The Hall–Kier alpha value is -2.11. The topological polar surface area (TPSA) is 62.9 Å².